The molecule has 0 fully saturated rings. The van der Waals surface area contributed by atoms with Crippen LogP contribution in [0.5, 0.6) is 11.5 Å². The Bertz CT molecular complexity index is 1250. The van der Waals surface area contributed by atoms with Crippen molar-refractivity contribution in [1.82, 2.24) is 9.88 Å². The Labute approximate surface area is 220 Å². The number of aromatic nitrogens is 1. The molecule has 1 heterocycles. The molecule has 1 amide bonds. The number of carbonyl (C=O) groups is 3. The van der Waals surface area contributed by atoms with Crippen molar-refractivity contribution < 1.29 is 29.0 Å². The van der Waals surface area contributed by atoms with E-state index in [2.05, 4.69) is 4.98 Å². The maximum atomic E-state index is 14.0. The van der Waals surface area contributed by atoms with E-state index < -0.39 is 29.9 Å². The first kappa shape index (κ1) is 27.7. The fraction of sp³-hybridized carbons (Fsp3) is 0.286. The van der Waals surface area contributed by atoms with Gasteiger partial charge in [0.1, 0.15) is 6.04 Å². The lowest BCUT2D eigenvalue weighted by atomic mass is 10.0. The fourth-order valence-electron chi connectivity index (χ4n) is 3.93. The first-order valence-corrected chi connectivity index (χ1v) is 12.6. The third kappa shape index (κ3) is 6.68. The fourth-order valence-corrected chi connectivity index (χ4v) is 5.16. The van der Waals surface area contributed by atoms with Crippen LogP contribution in [0.25, 0.3) is 0 Å². The van der Waals surface area contributed by atoms with Crippen molar-refractivity contribution in [2.24, 2.45) is 0 Å². The number of aryl methyl sites for hydroxylation is 1. The summed E-state index contributed by atoms with van der Waals surface area (Å²) in [7, 11) is 1.38. The van der Waals surface area contributed by atoms with Crippen molar-refractivity contribution >= 4 is 29.6 Å². The van der Waals surface area contributed by atoms with E-state index in [0.29, 0.717) is 0 Å². The van der Waals surface area contributed by atoms with Crippen molar-refractivity contribution in [2.75, 3.05) is 7.11 Å². The number of carboxylic acid groups (broad SMARTS) is 1. The second-order valence-corrected chi connectivity index (χ2v) is 9.73. The molecule has 3 atom stereocenters. The zero-order chi connectivity index (χ0) is 27.1. The zero-order valence-corrected chi connectivity index (χ0v) is 22.2. The third-order valence-electron chi connectivity index (χ3n) is 5.83. The number of esters is 1. The van der Waals surface area contributed by atoms with E-state index in [1.165, 1.54) is 49.9 Å². The van der Waals surface area contributed by atoms with E-state index in [1.807, 2.05) is 68.4 Å². The number of thioether (sulfide) groups is 1. The Hall–Kier alpha value is -3.85. The van der Waals surface area contributed by atoms with Crippen LogP contribution in [0, 0.1) is 6.92 Å². The summed E-state index contributed by atoms with van der Waals surface area (Å²) in [5.41, 5.74) is 1.81. The summed E-state index contributed by atoms with van der Waals surface area (Å²) in [5, 5.41) is 9.64. The monoisotopic (exact) mass is 522 g/mol. The van der Waals surface area contributed by atoms with Crippen LogP contribution in [0.3, 0.4) is 0 Å². The van der Waals surface area contributed by atoms with Gasteiger partial charge in [-0.15, -0.1) is 11.8 Å². The number of amides is 1. The SMILES string of the molecule is COc1ccnc(C(=O)N(C(C)C(Sc2ccccc2)c2ccc(C)cc2)[C@@H](C)C(=O)O)c1OC(C)=O. The molecular weight excluding hydrogens is 492 g/mol. The summed E-state index contributed by atoms with van der Waals surface area (Å²) in [6.07, 6.45) is 1.35. The molecule has 0 bridgehead atoms. The Morgan fingerprint density at radius 1 is 1.00 bits per heavy atom. The largest absolute Gasteiger partial charge is 0.493 e. The number of carboxylic acids is 1. The molecule has 0 aliphatic heterocycles. The van der Waals surface area contributed by atoms with E-state index in [4.69, 9.17) is 9.47 Å². The maximum Gasteiger partial charge on any atom is 0.326 e. The average Bonchev–Trinajstić information content (AvgIpc) is 2.88. The number of ether oxygens (including phenoxy) is 2. The van der Waals surface area contributed by atoms with E-state index in [9.17, 15) is 19.5 Å². The molecule has 2 aromatic carbocycles. The summed E-state index contributed by atoms with van der Waals surface area (Å²) in [6.45, 7) is 6.44. The molecule has 1 N–H and O–H groups in total. The Morgan fingerprint density at radius 3 is 2.22 bits per heavy atom. The number of aliphatic carboxylic acids is 1. The molecule has 2 unspecified atom stereocenters. The van der Waals surface area contributed by atoms with E-state index in [0.717, 1.165) is 16.0 Å². The van der Waals surface area contributed by atoms with E-state index >= 15 is 0 Å². The minimum absolute atomic E-state index is 0.137. The number of pyridine rings is 1. The predicted molar refractivity (Wildman–Crippen MR) is 141 cm³/mol. The molecule has 37 heavy (non-hydrogen) atoms. The van der Waals surface area contributed by atoms with Gasteiger partial charge in [-0.3, -0.25) is 9.59 Å². The molecule has 9 heteroatoms. The normalized spacial score (nSPS) is 13.2. The summed E-state index contributed by atoms with van der Waals surface area (Å²) in [4.78, 5) is 44.4. The van der Waals surface area contributed by atoms with Gasteiger partial charge in [-0.1, -0.05) is 48.0 Å². The molecule has 194 valence electrons. The highest BCUT2D eigenvalue weighted by atomic mass is 32.2. The van der Waals surface area contributed by atoms with Crippen LogP contribution in [0.1, 0.15) is 47.6 Å². The lowest BCUT2D eigenvalue weighted by Gasteiger charge is -2.37. The van der Waals surface area contributed by atoms with Crippen LogP contribution >= 0.6 is 11.8 Å². The van der Waals surface area contributed by atoms with Crippen LogP contribution in [-0.4, -0.2) is 52.0 Å². The predicted octanol–water partition coefficient (Wildman–Crippen LogP) is 5.16. The summed E-state index contributed by atoms with van der Waals surface area (Å²) >= 11 is 1.53. The summed E-state index contributed by atoms with van der Waals surface area (Å²) in [5.74, 6) is -2.55. The molecule has 3 rings (SSSR count). The second-order valence-electron chi connectivity index (χ2n) is 8.51. The number of methoxy groups -OCH3 is 1. The standard InChI is InChI=1S/C28H30N2O6S/c1-17-11-13-21(14-12-17)26(37-22-9-7-6-8-10-22)18(2)30(19(3)28(33)34)27(32)24-25(36-20(4)31)23(35-5)15-16-29-24/h6-16,18-19,26H,1-5H3,(H,33,34)/t18?,19-,26?/m0/s1. The van der Waals surface area contributed by atoms with Gasteiger partial charge >= 0.3 is 11.9 Å². The molecule has 0 radical (unpaired) electrons. The van der Waals surface area contributed by atoms with Crippen LogP contribution < -0.4 is 9.47 Å². The second kappa shape index (κ2) is 12.4. The van der Waals surface area contributed by atoms with Crippen LogP contribution in [0.15, 0.2) is 71.8 Å². The van der Waals surface area contributed by atoms with E-state index in [1.54, 1.807) is 0 Å². The molecule has 0 aliphatic carbocycles. The minimum atomic E-state index is -1.20. The topological polar surface area (TPSA) is 106 Å². The number of rotatable bonds is 10. The first-order chi connectivity index (χ1) is 17.6. The van der Waals surface area contributed by atoms with E-state index in [-0.39, 0.29) is 22.4 Å². The summed E-state index contributed by atoms with van der Waals surface area (Å²) in [6, 6.07) is 17.3. The van der Waals surface area contributed by atoms with Crippen LogP contribution in [-0.2, 0) is 9.59 Å². The van der Waals surface area contributed by atoms with Crippen molar-refractivity contribution in [1.29, 1.82) is 0 Å². The molecular formula is C28H30N2O6S. The van der Waals surface area contributed by atoms with Gasteiger partial charge in [-0.2, -0.15) is 0 Å². The smallest absolute Gasteiger partial charge is 0.326 e. The minimum Gasteiger partial charge on any atom is -0.493 e. The average molecular weight is 523 g/mol. The number of benzene rings is 2. The molecule has 0 spiro atoms. The lowest BCUT2D eigenvalue weighted by molar-refractivity contribution is -0.142. The van der Waals surface area contributed by atoms with Gasteiger partial charge in [-0.05, 0) is 38.5 Å². The van der Waals surface area contributed by atoms with Crippen molar-refractivity contribution in [2.45, 2.75) is 49.9 Å². The first-order valence-electron chi connectivity index (χ1n) is 11.7. The Morgan fingerprint density at radius 2 is 1.65 bits per heavy atom. The number of nitrogens with zero attached hydrogens (tertiary/aromatic N) is 2. The van der Waals surface area contributed by atoms with Gasteiger partial charge in [0.2, 0.25) is 5.75 Å². The number of hydrogen-bond acceptors (Lipinski definition) is 7. The van der Waals surface area contributed by atoms with Gasteiger partial charge in [0.25, 0.3) is 5.91 Å². The number of carbonyl (C=O) groups excluding carboxylic acids is 2. The molecule has 8 nitrogen and oxygen atoms in total. The maximum absolute atomic E-state index is 14.0. The molecule has 1 aromatic heterocycles. The van der Waals surface area contributed by atoms with Crippen molar-refractivity contribution in [3.05, 3.63) is 83.7 Å². The molecule has 0 saturated carbocycles. The molecule has 0 saturated heterocycles. The van der Waals surface area contributed by atoms with Crippen LogP contribution in [0.4, 0.5) is 0 Å². The lowest BCUT2D eigenvalue weighted by Crippen LogP contribution is -2.50. The Balaban J connectivity index is 2.13. The molecule has 3 aromatic rings. The van der Waals surface area contributed by atoms with Crippen LogP contribution in [0.2, 0.25) is 0 Å². The highest BCUT2D eigenvalue weighted by molar-refractivity contribution is 7.99. The highest BCUT2D eigenvalue weighted by Crippen LogP contribution is 2.41. The van der Waals surface area contributed by atoms with Crippen molar-refractivity contribution in [3.63, 3.8) is 0 Å². The van der Waals surface area contributed by atoms with Gasteiger partial charge in [0, 0.05) is 30.1 Å². The quantitative estimate of drug-likeness (QED) is 0.287. The highest BCUT2D eigenvalue weighted by Gasteiger charge is 2.38. The van der Waals surface area contributed by atoms with Gasteiger partial charge in [0.05, 0.1) is 12.4 Å². The van der Waals surface area contributed by atoms with Gasteiger partial charge < -0.3 is 19.5 Å². The molecule has 0 aliphatic rings. The zero-order valence-electron chi connectivity index (χ0n) is 21.4. The third-order valence-corrected chi connectivity index (χ3v) is 7.30. The van der Waals surface area contributed by atoms with Gasteiger partial charge in [-0.25, -0.2) is 9.78 Å². The van der Waals surface area contributed by atoms with Gasteiger partial charge in [0.15, 0.2) is 11.4 Å². The Kier molecular flexibility index (Phi) is 9.30. The number of hydrogen-bond donors (Lipinski definition) is 1. The van der Waals surface area contributed by atoms with Crippen molar-refractivity contribution in [3.8, 4) is 11.5 Å². The summed E-state index contributed by atoms with van der Waals surface area (Å²) < 4.78 is 10.6.